The highest BCUT2D eigenvalue weighted by atomic mass is 19.1. The van der Waals surface area contributed by atoms with Crippen LogP contribution in [0.25, 0.3) is 0 Å². The molecule has 2 heterocycles. The Morgan fingerprint density at radius 2 is 1.72 bits per heavy atom. The number of ether oxygens (including phenoxy) is 1. The first kappa shape index (κ1) is 22.3. The van der Waals surface area contributed by atoms with Crippen LogP contribution in [-0.4, -0.2) is 54.4 Å². The van der Waals surface area contributed by atoms with Gasteiger partial charge in [-0.25, -0.2) is 4.39 Å². The van der Waals surface area contributed by atoms with Crippen molar-refractivity contribution in [2.45, 2.75) is 38.5 Å². The molecule has 2 saturated heterocycles. The van der Waals surface area contributed by atoms with Crippen LogP contribution in [0.15, 0.2) is 48.5 Å². The summed E-state index contributed by atoms with van der Waals surface area (Å²) in [5, 5.41) is 0. The van der Waals surface area contributed by atoms with Crippen molar-refractivity contribution in [1.29, 1.82) is 0 Å². The van der Waals surface area contributed by atoms with E-state index in [1.807, 2.05) is 34.1 Å². The molecule has 2 fully saturated rings. The third-order valence-electron chi connectivity index (χ3n) is 6.33. The molecule has 170 valence electrons. The minimum Gasteiger partial charge on any atom is -0.493 e. The molecular weight excluding hydrogens is 407 g/mol. The maximum atomic E-state index is 13.4. The first-order chi connectivity index (χ1) is 15.6. The number of hydrogen-bond donors (Lipinski definition) is 0. The maximum absolute atomic E-state index is 13.4. The van der Waals surface area contributed by atoms with E-state index in [4.69, 9.17) is 4.74 Å². The van der Waals surface area contributed by atoms with E-state index in [1.54, 1.807) is 12.1 Å². The summed E-state index contributed by atoms with van der Waals surface area (Å²) in [4.78, 5) is 29.2. The normalized spacial score (nSPS) is 19.0. The Morgan fingerprint density at radius 3 is 2.53 bits per heavy atom. The van der Waals surface area contributed by atoms with Gasteiger partial charge in [-0.2, -0.15) is 0 Å². The van der Waals surface area contributed by atoms with Crippen LogP contribution >= 0.6 is 0 Å². The molecule has 2 amide bonds. The van der Waals surface area contributed by atoms with Crippen molar-refractivity contribution in [3.05, 3.63) is 65.5 Å². The summed E-state index contributed by atoms with van der Waals surface area (Å²) in [7, 11) is 0. The molecule has 2 aromatic carbocycles. The van der Waals surface area contributed by atoms with Gasteiger partial charge >= 0.3 is 0 Å². The number of halogens is 1. The summed E-state index contributed by atoms with van der Waals surface area (Å²) in [6, 6.07) is 13.6. The van der Waals surface area contributed by atoms with E-state index in [0.29, 0.717) is 30.0 Å². The molecule has 0 aromatic heterocycles. The third-order valence-corrected chi connectivity index (χ3v) is 6.33. The van der Waals surface area contributed by atoms with Gasteiger partial charge in [0.25, 0.3) is 5.91 Å². The van der Waals surface area contributed by atoms with Crippen LogP contribution in [0.3, 0.4) is 0 Å². The molecule has 0 bridgehead atoms. The fourth-order valence-corrected chi connectivity index (χ4v) is 4.57. The van der Waals surface area contributed by atoms with Gasteiger partial charge in [0.15, 0.2) is 0 Å². The van der Waals surface area contributed by atoms with Gasteiger partial charge in [0.1, 0.15) is 11.6 Å². The second-order valence-corrected chi connectivity index (χ2v) is 8.85. The highest BCUT2D eigenvalue weighted by molar-refractivity contribution is 5.94. The Kier molecular flexibility index (Phi) is 7.40. The van der Waals surface area contributed by atoms with Crippen molar-refractivity contribution < 1.29 is 18.7 Å². The lowest BCUT2D eigenvalue weighted by atomic mass is 9.98. The zero-order valence-electron chi connectivity index (χ0n) is 18.5. The van der Waals surface area contributed by atoms with Crippen molar-refractivity contribution >= 4 is 11.8 Å². The Bertz CT molecular complexity index is 942. The van der Waals surface area contributed by atoms with E-state index in [0.717, 1.165) is 45.3 Å². The molecule has 1 unspecified atom stereocenters. The number of piperidine rings is 2. The van der Waals surface area contributed by atoms with E-state index in [1.165, 1.54) is 18.6 Å². The predicted molar refractivity (Wildman–Crippen MR) is 121 cm³/mol. The molecule has 2 aliphatic rings. The van der Waals surface area contributed by atoms with Crippen molar-refractivity contribution in [3.63, 3.8) is 0 Å². The molecule has 32 heavy (non-hydrogen) atoms. The van der Waals surface area contributed by atoms with Gasteiger partial charge in [-0.3, -0.25) is 9.59 Å². The molecular formula is C26H31FN2O3. The average molecular weight is 439 g/mol. The number of likely N-dealkylation sites (tertiary alicyclic amines) is 2. The second-order valence-electron chi connectivity index (χ2n) is 8.85. The number of carbonyl (C=O) groups is 2. The highest BCUT2D eigenvalue weighted by Crippen LogP contribution is 2.22. The van der Waals surface area contributed by atoms with Crippen LogP contribution in [-0.2, 0) is 11.2 Å². The summed E-state index contributed by atoms with van der Waals surface area (Å²) in [6.07, 6.45) is 5.46. The van der Waals surface area contributed by atoms with Gasteiger partial charge in [-0.15, -0.1) is 0 Å². The summed E-state index contributed by atoms with van der Waals surface area (Å²) < 4.78 is 19.4. The van der Waals surface area contributed by atoms with Crippen molar-refractivity contribution in [2.75, 3.05) is 32.8 Å². The van der Waals surface area contributed by atoms with Crippen molar-refractivity contribution in [1.82, 2.24) is 9.80 Å². The molecule has 0 saturated carbocycles. The fraction of sp³-hybridized carbons (Fsp3) is 0.462. The Morgan fingerprint density at radius 1 is 0.938 bits per heavy atom. The lowest BCUT2D eigenvalue weighted by molar-refractivity contribution is -0.132. The van der Waals surface area contributed by atoms with Gasteiger partial charge in [0.05, 0.1) is 13.0 Å². The Balaban J connectivity index is 1.30. The predicted octanol–water partition coefficient (Wildman–Crippen LogP) is 4.31. The Labute approximate surface area is 189 Å². The highest BCUT2D eigenvalue weighted by Gasteiger charge is 2.24. The van der Waals surface area contributed by atoms with Gasteiger partial charge in [0.2, 0.25) is 5.91 Å². The summed E-state index contributed by atoms with van der Waals surface area (Å²) in [5.74, 6) is 0.704. The third kappa shape index (κ3) is 5.87. The maximum Gasteiger partial charge on any atom is 0.253 e. The molecule has 4 rings (SSSR count). The van der Waals surface area contributed by atoms with Crippen LogP contribution in [0, 0.1) is 11.7 Å². The zero-order chi connectivity index (χ0) is 22.3. The monoisotopic (exact) mass is 438 g/mol. The van der Waals surface area contributed by atoms with Gasteiger partial charge in [-0.1, -0.05) is 18.2 Å². The number of nitrogens with zero attached hydrogens (tertiary/aromatic N) is 2. The van der Waals surface area contributed by atoms with Crippen LogP contribution in [0.5, 0.6) is 5.75 Å². The van der Waals surface area contributed by atoms with Crippen LogP contribution in [0.2, 0.25) is 0 Å². The van der Waals surface area contributed by atoms with E-state index >= 15 is 0 Å². The molecule has 0 aliphatic carbocycles. The first-order valence-electron chi connectivity index (χ1n) is 11.6. The van der Waals surface area contributed by atoms with Crippen molar-refractivity contribution in [2.24, 2.45) is 5.92 Å². The number of carbonyl (C=O) groups excluding carboxylic acids is 2. The quantitative estimate of drug-likeness (QED) is 0.675. The number of amides is 2. The topological polar surface area (TPSA) is 49.9 Å². The summed E-state index contributed by atoms with van der Waals surface area (Å²) >= 11 is 0. The zero-order valence-corrected chi connectivity index (χ0v) is 18.5. The summed E-state index contributed by atoms with van der Waals surface area (Å²) in [6.45, 7) is 3.52. The SMILES string of the molecule is O=C(Cc1cccc(F)c1)N1CCCC(COc2cccc(C(=O)N3CCCCC3)c2)C1. The molecule has 0 radical (unpaired) electrons. The largest absolute Gasteiger partial charge is 0.493 e. The molecule has 1 atom stereocenters. The second kappa shape index (κ2) is 10.6. The molecule has 0 N–H and O–H groups in total. The molecule has 2 aliphatic heterocycles. The molecule has 5 nitrogen and oxygen atoms in total. The van der Waals surface area contributed by atoms with Crippen LogP contribution in [0.1, 0.15) is 48.0 Å². The average Bonchev–Trinajstić information content (AvgIpc) is 2.83. The lowest BCUT2D eigenvalue weighted by Gasteiger charge is -2.33. The summed E-state index contributed by atoms with van der Waals surface area (Å²) in [5.41, 5.74) is 1.36. The van der Waals surface area contributed by atoms with E-state index < -0.39 is 0 Å². The Hall–Kier alpha value is -2.89. The number of benzene rings is 2. The fourth-order valence-electron chi connectivity index (χ4n) is 4.57. The minimum atomic E-state index is -0.318. The number of rotatable bonds is 6. The molecule has 2 aromatic rings. The van der Waals surface area contributed by atoms with Gasteiger partial charge < -0.3 is 14.5 Å². The van der Waals surface area contributed by atoms with Crippen molar-refractivity contribution in [3.8, 4) is 5.75 Å². The molecule has 6 heteroatoms. The minimum absolute atomic E-state index is 0.0226. The van der Waals surface area contributed by atoms with Gasteiger partial charge in [0, 0.05) is 37.7 Å². The number of hydrogen-bond acceptors (Lipinski definition) is 3. The first-order valence-corrected chi connectivity index (χ1v) is 11.6. The van der Waals surface area contributed by atoms with Crippen LogP contribution in [0.4, 0.5) is 4.39 Å². The van der Waals surface area contributed by atoms with E-state index in [9.17, 15) is 14.0 Å². The standard InChI is InChI=1S/C26H31FN2O3/c27-23-10-4-7-20(15-23)16-25(30)29-14-6-8-21(18-29)19-32-24-11-5-9-22(17-24)26(31)28-12-2-1-3-13-28/h4-5,7,9-11,15,17,21H,1-3,6,8,12-14,16,18-19H2. The van der Waals surface area contributed by atoms with E-state index in [2.05, 4.69) is 0 Å². The smallest absolute Gasteiger partial charge is 0.253 e. The molecule has 0 spiro atoms. The lowest BCUT2D eigenvalue weighted by Crippen LogP contribution is -2.42. The van der Waals surface area contributed by atoms with Crippen LogP contribution < -0.4 is 4.74 Å². The van der Waals surface area contributed by atoms with E-state index in [-0.39, 0.29) is 30.0 Å². The van der Waals surface area contributed by atoms with Gasteiger partial charge in [-0.05, 0) is 68.0 Å².